The van der Waals surface area contributed by atoms with Crippen LogP contribution in [0.15, 0.2) is 48.5 Å². The number of H-pyrrole nitrogens is 1. The van der Waals surface area contributed by atoms with Crippen LogP contribution in [-0.2, 0) is 10.2 Å². The average Bonchev–Trinajstić information content (AvgIpc) is 3.62. The predicted octanol–water partition coefficient (Wildman–Crippen LogP) is 10.6. The highest BCUT2D eigenvalue weighted by molar-refractivity contribution is 6.34. The van der Waals surface area contributed by atoms with E-state index in [0.717, 1.165) is 18.5 Å². The van der Waals surface area contributed by atoms with Gasteiger partial charge in [-0.3, -0.25) is 9.89 Å². The van der Waals surface area contributed by atoms with E-state index in [-0.39, 0.29) is 11.3 Å². The molecule has 9 heteroatoms. The van der Waals surface area contributed by atoms with Crippen LogP contribution >= 0.6 is 11.6 Å². The van der Waals surface area contributed by atoms with Crippen LogP contribution in [0.5, 0.6) is 0 Å². The standard InChI is InChI=1S/C38H52ClN5O3/c1-5-6-7-8-9-10-11-12-13-14-15-16-17-20-26-47-37(46)29-23-21-22-28(27-29)36(45)40-31-25-19-18-24-30(31)34-41-35-32(39)33(38(2,3)4)42-44(35)43-34/h18-19,21-25,27,42H,5-17,20,26H2,1-4H3,(H,40,45). The van der Waals surface area contributed by atoms with Crippen molar-refractivity contribution in [1.29, 1.82) is 0 Å². The van der Waals surface area contributed by atoms with Crippen molar-refractivity contribution in [3.05, 3.63) is 70.4 Å². The summed E-state index contributed by atoms with van der Waals surface area (Å²) in [5, 5.41) is 11.3. The third kappa shape index (κ3) is 10.7. The molecular formula is C38H52ClN5O3. The van der Waals surface area contributed by atoms with E-state index in [2.05, 4.69) is 48.2 Å². The zero-order valence-corrected chi connectivity index (χ0v) is 29.4. The van der Waals surface area contributed by atoms with Crippen molar-refractivity contribution in [3.63, 3.8) is 0 Å². The van der Waals surface area contributed by atoms with Gasteiger partial charge in [0.15, 0.2) is 11.5 Å². The van der Waals surface area contributed by atoms with Gasteiger partial charge in [0.2, 0.25) is 0 Å². The molecule has 2 N–H and O–H groups in total. The van der Waals surface area contributed by atoms with Gasteiger partial charge in [0.25, 0.3) is 5.91 Å². The number of benzene rings is 2. The van der Waals surface area contributed by atoms with Crippen LogP contribution < -0.4 is 5.32 Å². The van der Waals surface area contributed by atoms with Gasteiger partial charge in [0, 0.05) is 16.5 Å². The lowest BCUT2D eigenvalue weighted by atomic mass is 9.92. The fourth-order valence-electron chi connectivity index (χ4n) is 5.72. The number of carbonyl (C=O) groups is 2. The Hall–Kier alpha value is -3.65. The molecule has 0 aliphatic carbocycles. The number of hydrogen-bond donors (Lipinski definition) is 2. The lowest BCUT2D eigenvalue weighted by Gasteiger charge is -2.16. The van der Waals surface area contributed by atoms with Crippen molar-refractivity contribution in [3.8, 4) is 11.4 Å². The normalized spacial score (nSPS) is 11.7. The molecule has 47 heavy (non-hydrogen) atoms. The Morgan fingerprint density at radius 1 is 0.830 bits per heavy atom. The highest BCUT2D eigenvalue weighted by atomic mass is 35.5. The number of halogens is 1. The van der Waals surface area contributed by atoms with Gasteiger partial charge in [-0.2, -0.15) is 4.63 Å². The summed E-state index contributed by atoms with van der Waals surface area (Å²) >= 11 is 6.62. The van der Waals surface area contributed by atoms with E-state index in [0.29, 0.717) is 45.5 Å². The lowest BCUT2D eigenvalue weighted by molar-refractivity contribution is 0.0497. The van der Waals surface area contributed by atoms with E-state index < -0.39 is 5.97 Å². The molecule has 0 bridgehead atoms. The Kier molecular flexibility index (Phi) is 13.9. The van der Waals surface area contributed by atoms with Crippen molar-refractivity contribution < 1.29 is 14.3 Å². The van der Waals surface area contributed by atoms with Crippen molar-refractivity contribution in [2.75, 3.05) is 11.9 Å². The molecule has 2 aromatic carbocycles. The summed E-state index contributed by atoms with van der Waals surface area (Å²) in [6, 6.07) is 13.9. The van der Waals surface area contributed by atoms with Gasteiger partial charge in [-0.05, 0) is 36.8 Å². The maximum absolute atomic E-state index is 13.3. The van der Waals surface area contributed by atoms with Crippen LogP contribution in [0.4, 0.5) is 5.69 Å². The second-order valence-electron chi connectivity index (χ2n) is 13.5. The highest BCUT2D eigenvalue weighted by Crippen LogP contribution is 2.33. The summed E-state index contributed by atoms with van der Waals surface area (Å²) in [7, 11) is 0. The molecule has 0 saturated heterocycles. The summed E-state index contributed by atoms with van der Waals surface area (Å²) < 4.78 is 7.08. The number of fused-ring (bicyclic) bond motifs is 1. The molecule has 1 amide bonds. The molecule has 0 radical (unpaired) electrons. The number of rotatable bonds is 19. The molecule has 0 fully saturated rings. The van der Waals surface area contributed by atoms with Crippen LogP contribution in [-0.4, -0.2) is 38.3 Å². The number of nitrogens with one attached hydrogen (secondary N) is 2. The van der Waals surface area contributed by atoms with E-state index >= 15 is 0 Å². The summed E-state index contributed by atoms with van der Waals surface area (Å²) in [5.41, 5.74) is 3.07. The van der Waals surface area contributed by atoms with E-state index in [1.54, 1.807) is 35.0 Å². The maximum atomic E-state index is 13.3. The van der Waals surface area contributed by atoms with Gasteiger partial charge in [0.05, 0.1) is 23.6 Å². The number of esters is 1. The van der Waals surface area contributed by atoms with E-state index in [1.807, 2.05) is 18.2 Å². The smallest absolute Gasteiger partial charge is 0.338 e. The average molecular weight is 662 g/mol. The van der Waals surface area contributed by atoms with Gasteiger partial charge < -0.3 is 10.1 Å². The molecule has 0 aliphatic heterocycles. The van der Waals surface area contributed by atoms with Crippen molar-refractivity contribution in [1.82, 2.24) is 19.8 Å². The Morgan fingerprint density at radius 3 is 2.04 bits per heavy atom. The molecule has 0 saturated carbocycles. The minimum atomic E-state index is -0.418. The zero-order valence-electron chi connectivity index (χ0n) is 28.7. The monoisotopic (exact) mass is 661 g/mol. The molecule has 0 atom stereocenters. The number of aromatic nitrogens is 4. The molecule has 254 valence electrons. The number of anilines is 1. The van der Waals surface area contributed by atoms with Crippen LogP contribution in [0.2, 0.25) is 5.02 Å². The molecule has 0 spiro atoms. The highest BCUT2D eigenvalue weighted by Gasteiger charge is 2.25. The molecular weight excluding hydrogens is 610 g/mol. The minimum absolute atomic E-state index is 0.196. The third-order valence-corrected chi connectivity index (χ3v) is 8.86. The SMILES string of the molecule is CCCCCCCCCCCCCCCCOC(=O)c1cccc(C(=O)Nc2ccccc2-c2nc3c(Cl)c(C(C)(C)C)[nH]n3n2)c1. The molecule has 2 heterocycles. The molecule has 2 aromatic heterocycles. The first-order valence-corrected chi connectivity index (χ1v) is 17.9. The third-order valence-electron chi connectivity index (χ3n) is 8.50. The second-order valence-corrected chi connectivity index (χ2v) is 13.9. The zero-order chi connectivity index (χ0) is 33.6. The number of nitrogens with zero attached hydrogens (tertiary/aromatic N) is 3. The Labute approximate surface area is 285 Å². The van der Waals surface area contributed by atoms with Crippen molar-refractivity contribution in [2.45, 2.75) is 123 Å². The van der Waals surface area contributed by atoms with Crippen LogP contribution in [0.25, 0.3) is 17.0 Å². The first-order valence-electron chi connectivity index (χ1n) is 17.5. The first kappa shape index (κ1) is 36.2. The second kappa shape index (κ2) is 18.0. The van der Waals surface area contributed by atoms with Gasteiger partial charge in [-0.25, -0.2) is 9.78 Å². The number of aromatic amines is 1. The summed E-state index contributed by atoms with van der Waals surface area (Å²) in [6.45, 7) is 8.83. The first-order chi connectivity index (χ1) is 22.7. The summed E-state index contributed by atoms with van der Waals surface area (Å²) in [5.74, 6) is -0.342. The van der Waals surface area contributed by atoms with Crippen LogP contribution in [0.3, 0.4) is 0 Å². The van der Waals surface area contributed by atoms with Gasteiger partial charge in [-0.15, -0.1) is 5.10 Å². The molecule has 4 aromatic rings. The van der Waals surface area contributed by atoms with E-state index in [9.17, 15) is 9.59 Å². The molecule has 0 aliphatic rings. The maximum Gasteiger partial charge on any atom is 0.338 e. The fraction of sp³-hybridized carbons (Fsp3) is 0.526. The number of hydrogen-bond acceptors (Lipinski definition) is 5. The fourth-order valence-corrected chi connectivity index (χ4v) is 6.17. The largest absolute Gasteiger partial charge is 0.462 e. The van der Waals surface area contributed by atoms with E-state index in [1.165, 1.54) is 77.0 Å². The van der Waals surface area contributed by atoms with Crippen molar-refractivity contribution in [2.24, 2.45) is 0 Å². The van der Waals surface area contributed by atoms with E-state index in [4.69, 9.17) is 16.3 Å². The topological polar surface area (TPSA) is 101 Å². The Morgan fingerprint density at radius 2 is 1.43 bits per heavy atom. The van der Waals surface area contributed by atoms with Crippen LogP contribution in [0, 0.1) is 0 Å². The number of carbonyl (C=O) groups excluding carboxylic acids is 2. The van der Waals surface area contributed by atoms with Crippen LogP contribution in [0.1, 0.15) is 144 Å². The van der Waals surface area contributed by atoms with Gasteiger partial charge in [0.1, 0.15) is 5.02 Å². The van der Waals surface area contributed by atoms with Crippen molar-refractivity contribution >= 4 is 34.8 Å². The molecule has 0 unspecified atom stereocenters. The van der Waals surface area contributed by atoms with Gasteiger partial charge in [-0.1, -0.05) is 141 Å². The summed E-state index contributed by atoms with van der Waals surface area (Å²) in [4.78, 5) is 30.7. The predicted molar refractivity (Wildman–Crippen MR) is 191 cm³/mol. The Bertz CT molecular complexity index is 1590. The summed E-state index contributed by atoms with van der Waals surface area (Å²) in [6.07, 6.45) is 17.9. The number of ether oxygens (including phenoxy) is 1. The Balaban J connectivity index is 1.20. The number of para-hydroxylation sites is 1. The lowest BCUT2D eigenvalue weighted by Crippen LogP contribution is -2.14. The quantitative estimate of drug-likeness (QED) is 0.0769. The number of amides is 1. The minimum Gasteiger partial charge on any atom is -0.462 e. The van der Waals surface area contributed by atoms with Gasteiger partial charge >= 0.3 is 5.97 Å². The molecule has 8 nitrogen and oxygen atoms in total. The number of unbranched alkanes of at least 4 members (excludes halogenated alkanes) is 13. The molecule has 4 rings (SSSR count).